The van der Waals surface area contributed by atoms with Crippen LogP contribution in [0.1, 0.15) is 10.5 Å². The number of nitrogens with zero attached hydrogens (tertiary/aromatic N) is 1. The molecular formula is C10H7NOS. The van der Waals surface area contributed by atoms with Crippen LogP contribution in [0.2, 0.25) is 0 Å². The van der Waals surface area contributed by atoms with E-state index in [-0.39, 0.29) is 0 Å². The molecule has 0 radical (unpaired) electrons. The van der Waals surface area contributed by atoms with Gasteiger partial charge in [-0.2, -0.15) is 4.37 Å². The van der Waals surface area contributed by atoms with Gasteiger partial charge >= 0.3 is 0 Å². The molecule has 1 aromatic carbocycles. The van der Waals surface area contributed by atoms with Gasteiger partial charge in [-0.05, 0) is 23.2 Å². The lowest BCUT2D eigenvalue weighted by molar-refractivity contribution is 0.112. The summed E-state index contributed by atoms with van der Waals surface area (Å²) in [6.07, 6.45) is 0.767. The number of carbonyl (C=O) groups excluding carboxylic acids is 1. The van der Waals surface area contributed by atoms with Gasteiger partial charge in [0.25, 0.3) is 0 Å². The summed E-state index contributed by atoms with van der Waals surface area (Å²) in [6.45, 7) is 0. The Balaban J connectivity index is 2.41. The highest BCUT2D eigenvalue weighted by atomic mass is 32.1. The summed E-state index contributed by atoms with van der Waals surface area (Å²) in [7, 11) is 0. The third-order valence-corrected chi connectivity index (χ3v) is 2.56. The summed E-state index contributed by atoms with van der Waals surface area (Å²) in [6, 6.07) is 11.7. The molecule has 64 valence electrons. The van der Waals surface area contributed by atoms with Gasteiger partial charge in [-0.1, -0.05) is 30.3 Å². The molecule has 0 unspecified atom stereocenters. The predicted molar refractivity (Wildman–Crippen MR) is 52.9 cm³/mol. The molecule has 0 saturated heterocycles. The molecule has 0 aliphatic carbocycles. The Morgan fingerprint density at radius 1 is 1.23 bits per heavy atom. The summed E-state index contributed by atoms with van der Waals surface area (Å²) in [5, 5.41) is 0. The zero-order valence-electron chi connectivity index (χ0n) is 6.81. The van der Waals surface area contributed by atoms with Crippen molar-refractivity contribution >= 4 is 17.8 Å². The molecule has 0 bridgehead atoms. The van der Waals surface area contributed by atoms with Crippen LogP contribution >= 0.6 is 11.5 Å². The molecule has 0 saturated carbocycles. The van der Waals surface area contributed by atoms with E-state index in [4.69, 9.17) is 0 Å². The van der Waals surface area contributed by atoms with Crippen LogP contribution in [-0.2, 0) is 0 Å². The molecule has 0 amide bonds. The van der Waals surface area contributed by atoms with Crippen LogP contribution in [-0.4, -0.2) is 10.7 Å². The number of benzene rings is 1. The molecule has 3 heteroatoms. The van der Waals surface area contributed by atoms with Crippen LogP contribution in [0.25, 0.3) is 10.4 Å². The van der Waals surface area contributed by atoms with Gasteiger partial charge in [-0.3, -0.25) is 4.79 Å². The summed E-state index contributed by atoms with van der Waals surface area (Å²) in [5.41, 5.74) is 1.61. The molecule has 0 aliphatic heterocycles. The van der Waals surface area contributed by atoms with Crippen LogP contribution in [0.5, 0.6) is 0 Å². The number of hydrogen-bond acceptors (Lipinski definition) is 3. The maximum atomic E-state index is 10.4. The summed E-state index contributed by atoms with van der Waals surface area (Å²) in [5.74, 6) is 0. The van der Waals surface area contributed by atoms with Gasteiger partial charge in [-0.15, -0.1) is 0 Å². The van der Waals surface area contributed by atoms with E-state index in [1.165, 1.54) is 11.5 Å². The van der Waals surface area contributed by atoms with E-state index in [2.05, 4.69) is 4.37 Å². The van der Waals surface area contributed by atoms with Crippen molar-refractivity contribution in [2.45, 2.75) is 0 Å². The maximum absolute atomic E-state index is 10.4. The normalized spacial score (nSPS) is 9.85. The Morgan fingerprint density at radius 2 is 2.00 bits per heavy atom. The zero-order chi connectivity index (χ0) is 9.10. The van der Waals surface area contributed by atoms with Gasteiger partial charge in [-0.25, -0.2) is 0 Å². The van der Waals surface area contributed by atoms with E-state index in [0.717, 1.165) is 16.7 Å². The highest BCUT2D eigenvalue weighted by Gasteiger charge is 2.01. The summed E-state index contributed by atoms with van der Waals surface area (Å²) in [4.78, 5) is 11.4. The van der Waals surface area contributed by atoms with Crippen LogP contribution < -0.4 is 0 Å². The van der Waals surface area contributed by atoms with Crippen molar-refractivity contribution < 1.29 is 4.79 Å². The lowest BCUT2D eigenvalue weighted by Crippen LogP contribution is -1.73. The number of aldehydes is 1. The Labute approximate surface area is 80.0 Å². The molecule has 2 aromatic rings. The SMILES string of the molecule is O=Cc1cc(-c2ccccc2)sn1. The highest BCUT2D eigenvalue weighted by Crippen LogP contribution is 2.23. The van der Waals surface area contributed by atoms with Gasteiger partial charge in [0.15, 0.2) is 6.29 Å². The Bertz CT molecular complexity index is 408. The van der Waals surface area contributed by atoms with E-state index >= 15 is 0 Å². The average Bonchev–Trinajstić information content (AvgIpc) is 2.67. The average molecular weight is 189 g/mol. The van der Waals surface area contributed by atoms with Crippen molar-refractivity contribution in [3.05, 3.63) is 42.1 Å². The molecule has 2 rings (SSSR count). The fourth-order valence-electron chi connectivity index (χ4n) is 1.08. The third-order valence-electron chi connectivity index (χ3n) is 1.71. The highest BCUT2D eigenvalue weighted by molar-refractivity contribution is 7.09. The monoisotopic (exact) mass is 189 g/mol. The van der Waals surface area contributed by atoms with Crippen LogP contribution in [0.15, 0.2) is 36.4 Å². The maximum Gasteiger partial charge on any atom is 0.169 e. The first-order valence-corrected chi connectivity index (χ1v) is 4.65. The second kappa shape index (κ2) is 3.49. The minimum atomic E-state index is 0.504. The molecule has 2 nitrogen and oxygen atoms in total. The molecule has 0 N–H and O–H groups in total. The first-order chi connectivity index (χ1) is 6.40. The Kier molecular flexibility index (Phi) is 2.19. The van der Waals surface area contributed by atoms with Gasteiger partial charge in [0.2, 0.25) is 0 Å². The van der Waals surface area contributed by atoms with Crippen molar-refractivity contribution in [3.8, 4) is 10.4 Å². The quantitative estimate of drug-likeness (QED) is 0.680. The summed E-state index contributed by atoms with van der Waals surface area (Å²) >= 11 is 1.35. The van der Waals surface area contributed by atoms with Crippen LogP contribution in [0.4, 0.5) is 0 Å². The van der Waals surface area contributed by atoms with Crippen molar-refractivity contribution in [1.29, 1.82) is 0 Å². The fraction of sp³-hybridized carbons (Fsp3) is 0. The topological polar surface area (TPSA) is 30.0 Å². The third kappa shape index (κ3) is 1.65. The zero-order valence-corrected chi connectivity index (χ0v) is 7.62. The largest absolute Gasteiger partial charge is 0.296 e. The second-order valence-electron chi connectivity index (χ2n) is 2.60. The summed E-state index contributed by atoms with van der Waals surface area (Å²) < 4.78 is 3.98. The first kappa shape index (κ1) is 8.13. The van der Waals surface area contributed by atoms with Crippen LogP contribution in [0, 0.1) is 0 Å². The fourth-order valence-corrected chi connectivity index (χ4v) is 1.80. The van der Waals surface area contributed by atoms with E-state index in [1.807, 2.05) is 30.3 Å². The van der Waals surface area contributed by atoms with Crippen molar-refractivity contribution in [1.82, 2.24) is 4.37 Å². The van der Waals surface area contributed by atoms with Gasteiger partial charge in [0.1, 0.15) is 5.69 Å². The van der Waals surface area contributed by atoms with Crippen molar-refractivity contribution in [2.75, 3.05) is 0 Å². The van der Waals surface area contributed by atoms with E-state index in [0.29, 0.717) is 5.69 Å². The van der Waals surface area contributed by atoms with Gasteiger partial charge in [0, 0.05) is 0 Å². The van der Waals surface area contributed by atoms with E-state index in [9.17, 15) is 4.79 Å². The number of aromatic nitrogens is 1. The number of rotatable bonds is 2. The van der Waals surface area contributed by atoms with Gasteiger partial charge in [0.05, 0.1) is 4.88 Å². The lowest BCUT2D eigenvalue weighted by Gasteiger charge is -1.92. The van der Waals surface area contributed by atoms with E-state index in [1.54, 1.807) is 6.07 Å². The van der Waals surface area contributed by atoms with Crippen molar-refractivity contribution in [3.63, 3.8) is 0 Å². The molecule has 0 fully saturated rings. The molecule has 1 heterocycles. The predicted octanol–water partition coefficient (Wildman–Crippen LogP) is 2.62. The minimum Gasteiger partial charge on any atom is -0.296 e. The standard InChI is InChI=1S/C10H7NOS/c12-7-9-6-10(13-11-9)8-4-2-1-3-5-8/h1-7H. The second-order valence-corrected chi connectivity index (χ2v) is 3.40. The molecular weight excluding hydrogens is 182 g/mol. The lowest BCUT2D eigenvalue weighted by atomic mass is 10.2. The first-order valence-electron chi connectivity index (χ1n) is 3.87. The Hall–Kier alpha value is -1.48. The minimum absolute atomic E-state index is 0.504. The van der Waals surface area contributed by atoms with Crippen LogP contribution in [0.3, 0.4) is 0 Å². The molecule has 0 atom stereocenters. The van der Waals surface area contributed by atoms with Crippen molar-refractivity contribution in [2.24, 2.45) is 0 Å². The molecule has 13 heavy (non-hydrogen) atoms. The smallest absolute Gasteiger partial charge is 0.169 e. The van der Waals surface area contributed by atoms with Gasteiger partial charge < -0.3 is 0 Å². The number of carbonyl (C=O) groups is 1. The molecule has 0 spiro atoms. The molecule has 1 aromatic heterocycles. The molecule has 0 aliphatic rings. The van der Waals surface area contributed by atoms with E-state index < -0.39 is 0 Å². The number of hydrogen-bond donors (Lipinski definition) is 0. The Morgan fingerprint density at radius 3 is 2.62 bits per heavy atom.